The van der Waals surface area contributed by atoms with E-state index in [1.807, 2.05) is 14.0 Å². The summed E-state index contributed by atoms with van der Waals surface area (Å²) in [6, 6.07) is -0.237. The van der Waals surface area contributed by atoms with Gasteiger partial charge in [-0.2, -0.15) is 15.0 Å². The highest BCUT2D eigenvalue weighted by atomic mass is 16.5. The first kappa shape index (κ1) is 14.5. The number of nitrogens with zero attached hydrogens (tertiary/aromatic N) is 5. The minimum Gasteiger partial charge on any atom is -0.482 e. The Labute approximate surface area is 127 Å². The minimum atomic E-state index is -0.282. The molecule has 1 aliphatic heterocycles. The number of aryl methyl sites for hydroxylation is 2. The maximum Gasteiger partial charge on any atom is 0.273 e. The average Bonchev–Trinajstić information content (AvgIpc) is 3.21. The van der Waals surface area contributed by atoms with Gasteiger partial charge in [-0.3, -0.25) is 9.48 Å². The summed E-state index contributed by atoms with van der Waals surface area (Å²) in [6.45, 7) is 3.34. The molecule has 2 aromatic heterocycles. The lowest BCUT2D eigenvalue weighted by atomic mass is 10.2. The standard InChI is InChI=1S/C13H18N6O3/c1-3-19-15-5-10(17-19)13(20)16-11-7-21-8-12(11)22-9-4-14-18(2)6-9/h4-6,11-12H,3,7-8H2,1-2H3,(H,16,20)/t11-,12+/m0/s1. The zero-order chi connectivity index (χ0) is 15.5. The van der Waals surface area contributed by atoms with Crippen molar-refractivity contribution < 1.29 is 14.3 Å². The Kier molecular flexibility index (Phi) is 4.05. The van der Waals surface area contributed by atoms with Gasteiger partial charge in [-0.1, -0.05) is 0 Å². The van der Waals surface area contributed by atoms with Crippen LogP contribution in [0.15, 0.2) is 18.6 Å². The van der Waals surface area contributed by atoms with Gasteiger partial charge >= 0.3 is 0 Å². The summed E-state index contributed by atoms with van der Waals surface area (Å²) in [4.78, 5) is 13.6. The van der Waals surface area contributed by atoms with Gasteiger partial charge in [0, 0.05) is 7.05 Å². The Morgan fingerprint density at radius 1 is 1.45 bits per heavy atom. The number of ether oxygens (including phenoxy) is 2. The third kappa shape index (κ3) is 3.08. The van der Waals surface area contributed by atoms with E-state index in [0.717, 1.165) is 0 Å². The molecule has 3 rings (SSSR count). The number of nitrogens with one attached hydrogen (secondary N) is 1. The normalized spacial score (nSPS) is 21.0. The van der Waals surface area contributed by atoms with Crippen LogP contribution in [0.5, 0.6) is 5.75 Å². The first-order valence-electron chi connectivity index (χ1n) is 7.09. The molecule has 0 unspecified atom stereocenters. The summed E-state index contributed by atoms with van der Waals surface area (Å²) >= 11 is 0. The SMILES string of the molecule is CCn1ncc(C(=O)N[C@H]2COC[C@H]2Oc2cnn(C)c2)n1. The predicted molar refractivity (Wildman–Crippen MR) is 75.4 cm³/mol. The van der Waals surface area contributed by atoms with Gasteiger partial charge in [0.15, 0.2) is 11.4 Å². The van der Waals surface area contributed by atoms with Crippen LogP contribution in [0.3, 0.4) is 0 Å². The number of hydrogen-bond donors (Lipinski definition) is 1. The van der Waals surface area contributed by atoms with Gasteiger partial charge in [0.05, 0.1) is 44.4 Å². The molecular formula is C13H18N6O3. The Morgan fingerprint density at radius 2 is 2.32 bits per heavy atom. The molecule has 2 atom stereocenters. The molecule has 1 N–H and O–H groups in total. The summed E-state index contributed by atoms with van der Waals surface area (Å²) in [7, 11) is 1.81. The Morgan fingerprint density at radius 3 is 3.00 bits per heavy atom. The van der Waals surface area contributed by atoms with Crippen molar-refractivity contribution in [3.8, 4) is 5.75 Å². The summed E-state index contributed by atoms with van der Waals surface area (Å²) < 4.78 is 12.9. The minimum absolute atomic E-state index is 0.237. The van der Waals surface area contributed by atoms with Gasteiger partial charge in [0.2, 0.25) is 0 Å². The molecule has 9 nitrogen and oxygen atoms in total. The average molecular weight is 306 g/mol. The van der Waals surface area contributed by atoms with E-state index >= 15 is 0 Å². The molecule has 1 amide bonds. The molecule has 3 heterocycles. The van der Waals surface area contributed by atoms with Crippen molar-refractivity contribution in [3.63, 3.8) is 0 Å². The predicted octanol–water partition coefficient (Wildman–Crippen LogP) is -0.392. The quantitative estimate of drug-likeness (QED) is 0.808. The molecule has 1 saturated heterocycles. The van der Waals surface area contributed by atoms with Crippen LogP contribution in [0.2, 0.25) is 0 Å². The zero-order valence-electron chi connectivity index (χ0n) is 12.5. The second-order valence-corrected chi connectivity index (χ2v) is 5.04. The monoisotopic (exact) mass is 306 g/mol. The van der Waals surface area contributed by atoms with E-state index < -0.39 is 0 Å². The molecule has 2 aromatic rings. The highest BCUT2D eigenvalue weighted by molar-refractivity contribution is 5.92. The molecule has 0 bridgehead atoms. The summed E-state index contributed by atoms with van der Waals surface area (Å²) in [5, 5.41) is 15.0. The van der Waals surface area contributed by atoms with E-state index in [-0.39, 0.29) is 23.7 Å². The number of carbonyl (C=O) groups excluding carboxylic acids is 1. The smallest absolute Gasteiger partial charge is 0.273 e. The van der Waals surface area contributed by atoms with Crippen LogP contribution in [-0.2, 0) is 18.3 Å². The molecule has 22 heavy (non-hydrogen) atoms. The number of aromatic nitrogens is 5. The number of carbonyl (C=O) groups is 1. The van der Waals surface area contributed by atoms with E-state index in [2.05, 4.69) is 20.6 Å². The van der Waals surface area contributed by atoms with Crippen LogP contribution < -0.4 is 10.1 Å². The van der Waals surface area contributed by atoms with Crippen molar-refractivity contribution in [1.29, 1.82) is 0 Å². The lowest BCUT2D eigenvalue weighted by Gasteiger charge is -2.19. The molecule has 0 spiro atoms. The largest absolute Gasteiger partial charge is 0.482 e. The van der Waals surface area contributed by atoms with Crippen molar-refractivity contribution in [2.24, 2.45) is 7.05 Å². The van der Waals surface area contributed by atoms with E-state index in [1.54, 1.807) is 17.1 Å². The molecule has 1 fully saturated rings. The van der Waals surface area contributed by atoms with Crippen molar-refractivity contribution in [3.05, 3.63) is 24.3 Å². The van der Waals surface area contributed by atoms with E-state index in [0.29, 0.717) is 25.5 Å². The molecule has 0 aromatic carbocycles. The highest BCUT2D eigenvalue weighted by Gasteiger charge is 2.32. The second-order valence-electron chi connectivity index (χ2n) is 5.04. The molecule has 0 aliphatic carbocycles. The summed E-state index contributed by atoms with van der Waals surface area (Å²) in [5.74, 6) is 0.365. The molecule has 9 heteroatoms. The first-order chi connectivity index (χ1) is 10.7. The van der Waals surface area contributed by atoms with Crippen LogP contribution in [0.4, 0.5) is 0 Å². The van der Waals surface area contributed by atoms with Crippen LogP contribution >= 0.6 is 0 Å². The van der Waals surface area contributed by atoms with Crippen molar-refractivity contribution >= 4 is 5.91 Å². The maximum absolute atomic E-state index is 12.2. The molecule has 1 aliphatic rings. The molecule has 0 radical (unpaired) electrons. The van der Waals surface area contributed by atoms with E-state index in [9.17, 15) is 4.79 Å². The van der Waals surface area contributed by atoms with Gasteiger partial charge in [-0.25, -0.2) is 0 Å². The van der Waals surface area contributed by atoms with Crippen LogP contribution in [-0.4, -0.2) is 56.0 Å². The Bertz CT molecular complexity index is 652. The van der Waals surface area contributed by atoms with Crippen LogP contribution in [0, 0.1) is 0 Å². The third-order valence-corrected chi connectivity index (χ3v) is 3.37. The fourth-order valence-corrected chi connectivity index (χ4v) is 2.22. The van der Waals surface area contributed by atoms with Gasteiger partial charge < -0.3 is 14.8 Å². The topological polar surface area (TPSA) is 96.1 Å². The lowest BCUT2D eigenvalue weighted by molar-refractivity contribution is 0.0898. The van der Waals surface area contributed by atoms with Crippen LogP contribution in [0.25, 0.3) is 0 Å². The first-order valence-corrected chi connectivity index (χ1v) is 7.09. The summed E-state index contributed by atoms with van der Waals surface area (Å²) in [5.41, 5.74) is 0.286. The Balaban J connectivity index is 1.61. The highest BCUT2D eigenvalue weighted by Crippen LogP contribution is 2.16. The van der Waals surface area contributed by atoms with E-state index in [1.165, 1.54) is 11.0 Å². The Hall–Kier alpha value is -2.42. The maximum atomic E-state index is 12.2. The summed E-state index contributed by atoms with van der Waals surface area (Å²) in [6.07, 6.45) is 4.59. The van der Waals surface area contributed by atoms with Crippen molar-refractivity contribution in [1.82, 2.24) is 30.1 Å². The van der Waals surface area contributed by atoms with Gasteiger partial charge in [-0.15, -0.1) is 5.10 Å². The fourth-order valence-electron chi connectivity index (χ4n) is 2.22. The third-order valence-electron chi connectivity index (χ3n) is 3.37. The number of amides is 1. The van der Waals surface area contributed by atoms with Crippen molar-refractivity contribution in [2.45, 2.75) is 25.6 Å². The lowest BCUT2D eigenvalue weighted by Crippen LogP contribution is -2.45. The molecular weight excluding hydrogens is 288 g/mol. The zero-order valence-corrected chi connectivity index (χ0v) is 12.5. The van der Waals surface area contributed by atoms with Gasteiger partial charge in [0.1, 0.15) is 6.10 Å². The number of hydrogen-bond acceptors (Lipinski definition) is 6. The van der Waals surface area contributed by atoms with Gasteiger partial charge in [0.25, 0.3) is 5.91 Å². The fraction of sp³-hybridized carbons (Fsp3) is 0.538. The van der Waals surface area contributed by atoms with Crippen LogP contribution in [0.1, 0.15) is 17.4 Å². The number of rotatable bonds is 5. The second kappa shape index (κ2) is 6.14. The van der Waals surface area contributed by atoms with E-state index in [4.69, 9.17) is 9.47 Å². The molecule has 0 saturated carbocycles. The van der Waals surface area contributed by atoms with Gasteiger partial charge in [-0.05, 0) is 6.92 Å². The van der Waals surface area contributed by atoms with Crippen molar-refractivity contribution in [2.75, 3.05) is 13.2 Å². The molecule has 118 valence electrons.